The predicted molar refractivity (Wildman–Crippen MR) is 90.4 cm³/mol. The second-order valence-electron chi connectivity index (χ2n) is 5.59. The molecular weight excluding hydrogens is 278 g/mol. The van der Waals surface area contributed by atoms with Crippen molar-refractivity contribution in [3.63, 3.8) is 0 Å². The predicted octanol–water partition coefficient (Wildman–Crippen LogP) is 4.40. The highest BCUT2D eigenvalue weighted by molar-refractivity contribution is 5.97. The van der Waals surface area contributed by atoms with Crippen molar-refractivity contribution in [1.82, 2.24) is 0 Å². The highest BCUT2D eigenvalue weighted by Crippen LogP contribution is 2.22. The molecule has 22 heavy (non-hydrogen) atoms. The first kappa shape index (κ1) is 18.5. The zero-order valence-electron chi connectivity index (χ0n) is 14.3. The molecular formula is C18H29NO3. The van der Waals surface area contributed by atoms with Crippen LogP contribution in [0.2, 0.25) is 0 Å². The highest BCUT2D eigenvalue weighted by atomic mass is 16.5. The first-order valence-electron chi connectivity index (χ1n) is 8.24. The maximum Gasteiger partial charge on any atom is 0.256 e. The summed E-state index contributed by atoms with van der Waals surface area (Å²) in [6.45, 7) is 9.18. The second kappa shape index (κ2) is 9.46. The van der Waals surface area contributed by atoms with Crippen LogP contribution in [0.4, 0.5) is 5.69 Å². The number of rotatable bonds is 10. The summed E-state index contributed by atoms with van der Waals surface area (Å²) in [6, 6.07) is 7.47. The van der Waals surface area contributed by atoms with E-state index in [1.807, 2.05) is 45.0 Å². The zero-order chi connectivity index (χ0) is 16.4. The van der Waals surface area contributed by atoms with E-state index in [9.17, 15) is 4.79 Å². The standard InChI is InChI=1S/C18H29NO3/c1-5-8-14-21-16-11-9-15(10-12-16)19-17(20)18(4,13-6-2)22-7-3/h9-12H,5-8,13-14H2,1-4H3,(H,19,20)/t18-/m0/s1. The van der Waals surface area contributed by atoms with Crippen molar-refractivity contribution in [2.45, 2.75) is 59.0 Å². The number of anilines is 1. The van der Waals surface area contributed by atoms with Gasteiger partial charge < -0.3 is 14.8 Å². The lowest BCUT2D eigenvalue weighted by Crippen LogP contribution is -2.42. The minimum absolute atomic E-state index is 0.101. The quantitative estimate of drug-likeness (QED) is 0.652. The van der Waals surface area contributed by atoms with Gasteiger partial charge in [-0.1, -0.05) is 26.7 Å². The molecule has 1 aromatic rings. The van der Waals surface area contributed by atoms with Crippen LogP contribution in [-0.2, 0) is 9.53 Å². The fourth-order valence-electron chi connectivity index (χ4n) is 2.28. The van der Waals surface area contributed by atoms with Crippen LogP contribution in [-0.4, -0.2) is 24.7 Å². The molecule has 0 aromatic heterocycles. The highest BCUT2D eigenvalue weighted by Gasteiger charge is 2.32. The summed E-state index contributed by atoms with van der Waals surface area (Å²) >= 11 is 0. The van der Waals surface area contributed by atoms with Crippen molar-refractivity contribution in [1.29, 1.82) is 0 Å². The van der Waals surface area contributed by atoms with E-state index in [0.29, 0.717) is 13.0 Å². The molecule has 4 heteroatoms. The molecule has 0 radical (unpaired) electrons. The van der Waals surface area contributed by atoms with Crippen molar-refractivity contribution >= 4 is 11.6 Å². The number of nitrogens with one attached hydrogen (secondary N) is 1. The normalized spacial score (nSPS) is 13.5. The Morgan fingerprint density at radius 1 is 1.14 bits per heavy atom. The smallest absolute Gasteiger partial charge is 0.256 e. The third-order valence-electron chi connectivity index (χ3n) is 3.55. The molecule has 1 atom stereocenters. The first-order chi connectivity index (χ1) is 10.6. The molecule has 1 rings (SSSR count). The molecule has 1 amide bonds. The number of amides is 1. The topological polar surface area (TPSA) is 47.6 Å². The second-order valence-corrected chi connectivity index (χ2v) is 5.59. The summed E-state index contributed by atoms with van der Waals surface area (Å²) in [6.07, 6.45) is 3.75. The summed E-state index contributed by atoms with van der Waals surface area (Å²) in [4.78, 5) is 12.4. The Balaban J connectivity index is 2.63. The Morgan fingerprint density at radius 2 is 1.82 bits per heavy atom. The lowest BCUT2D eigenvalue weighted by atomic mass is 9.99. The van der Waals surface area contributed by atoms with Crippen LogP contribution in [0.5, 0.6) is 5.75 Å². The van der Waals surface area contributed by atoms with E-state index in [4.69, 9.17) is 9.47 Å². The van der Waals surface area contributed by atoms with Crippen LogP contribution in [0.1, 0.15) is 53.4 Å². The third-order valence-corrected chi connectivity index (χ3v) is 3.55. The first-order valence-corrected chi connectivity index (χ1v) is 8.24. The number of carbonyl (C=O) groups excluding carboxylic acids is 1. The molecule has 0 unspecified atom stereocenters. The average Bonchev–Trinajstić information content (AvgIpc) is 2.50. The van der Waals surface area contributed by atoms with Crippen LogP contribution < -0.4 is 10.1 Å². The van der Waals surface area contributed by atoms with Crippen molar-refractivity contribution < 1.29 is 14.3 Å². The van der Waals surface area contributed by atoms with Gasteiger partial charge in [-0.2, -0.15) is 0 Å². The maximum atomic E-state index is 12.4. The number of hydrogen-bond donors (Lipinski definition) is 1. The van der Waals surface area contributed by atoms with E-state index in [0.717, 1.165) is 37.3 Å². The Labute approximate surface area is 134 Å². The van der Waals surface area contributed by atoms with Crippen LogP contribution in [0.25, 0.3) is 0 Å². The van der Waals surface area contributed by atoms with E-state index >= 15 is 0 Å². The monoisotopic (exact) mass is 307 g/mol. The molecule has 4 nitrogen and oxygen atoms in total. The fraction of sp³-hybridized carbons (Fsp3) is 0.611. The van der Waals surface area contributed by atoms with E-state index < -0.39 is 5.60 Å². The van der Waals surface area contributed by atoms with Crippen molar-refractivity contribution in [2.24, 2.45) is 0 Å². The molecule has 0 saturated heterocycles. The van der Waals surface area contributed by atoms with Gasteiger partial charge in [0.2, 0.25) is 0 Å². The van der Waals surface area contributed by atoms with Gasteiger partial charge in [0.05, 0.1) is 6.61 Å². The largest absolute Gasteiger partial charge is 0.494 e. The van der Waals surface area contributed by atoms with E-state index in [2.05, 4.69) is 12.2 Å². The lowest BCUT2D eigenvalue weighted by Gasteiger charge is -2.27. The minimum Gasteiger partial charge on any atom is -0.494 e. The number of ether oxygens (including phenoxy) is 2. The average molecular weight is 307 g/mol. The van der Waals surface area contributed by atoms with E-state index in [-0.39, 0.29) is 5.91 Å². The third kappa shape index (κ3) is 5.68. The molecule has 0 fully saturated rings. The number of carbonyl (C=O) groups is 1. The molecule has 0 aliphatic heterocycles. The van der Waals surface area contributed by atoms with Gasteiger partial charge in [-0.15, -0.1) is 0 Å². The molecule has 0 bridgehead atoms. The lowest BCUT2D eigenvalue weighted by molar-refractivity contribution is -0.139. The van der Waals surface area contributed by atoms with Gasteiger partial charge in [-0.3, -0.25) is 4.79 Å². The van der Waals surface area contributed by atoms with Gasteiger partial charge in [0.15, 0.2) is 0 Å². The minimum atomic E-state index is -0.778. The number of hydrogen-bond acceptors (Lipinski definition) is 3. The van der Waals surface area contributed by atoms with Crippen LogP contribution >= 0.6 is 0 Å². The SMILES string of the molecule is CCCCOc1ccc(NC(=O)[C@](C)(CCC)OCC)cc1. The number of benzene rings is 1. The van der Waals surface area contributed by atoms with E-state index in [1.54, 1.807) is 0 Å². The van der Waals surface area contributed by atoms with Crippen LogP contribution in [0.15, 0.2) is 24.3 Å². The molecule has 0 heterocycles. The summed E-state index contributed by atoms with van der Waals surface area (Å²) in [5.74, 6) is 0.725. The Hall–Kier alpha value is -1.55. The molecule has 0 spiro atoms. The molecule has 0 saturated carbocycles. The van der Waals surface area contributed by atoms with Crippen molar-refractivity contribution in [3.05, 3.63) is 24.3 Å². The molecule has 124 valence electrons. The van der Waals surface area contributed by atoms with Crippen molar-refractivity contribution in [2.75, 3.05) is 18.5 Å². The maximum absolute atomic E-state index is 12.4. The summed E-state index contributed by atoms with van der Waals surface area (Å²) in [5, 5.41) is 2.93. The summed E-state index contributed by atoms with van der Waals surface area (Å²) < 4.78 is 11.3. The summed E-state index contributed by atoms with van der Waals surface area (Å²) in [5.41, 5.74) is -0.0188. The zero-order valence-corrected chi connectivity index (χ0v) is 14.3. The Kier molecular flexibility index (Phi) is 7.96. The fourth-order valence-corrected chi connectivity index (χ4v) is 2.28. The van der Waals surface area contributed by atoms with Gasteiger partial charge in [0, 0.05) is 12.3 Å². The Morgan fingerprint density at radius 3 is 2.36 bits per heavy atom. The molecule has 0 aliphatic rings. The molecule has 0 aliphatic carbocycles. The van der Waals surface area contributed by atoms with Crippen LogP contribution in [0, 0.1) is 0 Å². The Bertz CT molecular complexity index is 436. The van der Waals surface area contributed by atoms with Gasteiger partial charge in [-0.25, -0.2) is 0 Å². The van der Waals surface area contributed by atoms with Gasteiger partial charge in [0.1, 0.15) is 11.4 Å². The van der Waals surface area contributed by atoms with Gasteiger partial charge >= 0.3 is 0 Å². The van der Waals surface area contributed by atoms with Crippen LogP contribution in [0.3, 0.4) is 0 Å². The summed E-state index contributed by atoms with van der Waals surface area (Å²) in [7, 11) is 0. The van der Waals surface area contributed by atoms with Gasteiger partial charge in [-0.05, 0) is 51.0 Å². The van der Waals surface area contributed by atoms with E-state index in [1.165, 1.54) is 0 Å². The van der Waals surface area contributed by atoms with Gasteiger partial charge in [0.25, 0.3) is 5.91 Å². The van der Waals surface area contributed by atoms with Crippen molar-refractivity contribution in [3.8, 4) is 5.75 Å². The molecule has 1 aromatic carbocycles. The molecule has 1 N–H and O–H groups in total. The number of unbranched alkanes of at least 4 members (excludes halogenated alkanes) is 1.